The standard InChI is InChI=1S/C52H62N4O13Si/c1-13-15-65-50(61)55-32(5)38-17-30(3)26-53(38)46(57)36-22-42(63-9)44(24-39(36)55)67-28-33-19-34(21-35(20-33)49(59)60)29-68-45-25-40-37(23-43(45)64-10)47(58)54-27-31(4)18-41(54)48(56(40)51(62)66-16-14-2)69-70(11,12)52(6,7)8/h13-14,19-27,32,38,41,48H,1-2,15-18,28-29H2,3-12H3,(H,59,60)/t32-,38-,41-,48-/m0/s1. The first-order chi connectivity index (χ1) is 33.1. The summed E-state index contributed by atoms with van der Waals surface area (Å²) in [5.41, 5.74) is 3.53. The molecular formula is C52H62N4O13Si. The highest BCUT2D eigenvalue weighted by Crippen LogP contribution is 2.47. The van der Waals surface area contributed by atoms with Crippen LogP contribution in [0.1, 0.15) is 96.6 Å². The molecule has 0 fully saturated rings. The van der Waals surface area contributed by atoms with Crippen LogP contribution in [-0.4, -0.2) is 105 Å². The van der Waals surface area contributed by atoms with Crippen molar-refractivity contribution in [3.05, 3.63) is 119 Å². The van der Waals surface area contributed by atoms with Crippen molar-refractivity contribution in [2.45, 2.75) is 110 Å². The van der Waals surface area contributed by atoms with E-state index in [9.17, 15) is 29.1 Å². The second kappa shape index (κ2) is 20.1. The molecule has 3 aromatic rings. The normalized spacial score (nSPS) is 19.6. The zero-order valence-electron chi connectivity index (χ0n) is 41.5. The lowest BCUT2D eigenvalue weighted by Crippen LogP contribution is -2.57. The van der Waals surface area contributed by atoms with Gasteiger partial charge in [-0.15, -0.1) is 0 Å². The van der Waals surface area contributed by atoms with Crippen molar-refractivity contribution in [2.75, 3.05) is 37.2 Å². The molecule has 0 aromatic heterocycles. The second-order valence-corrected chi connectivity index (χ2v) is 24.1. The summed E-state index contributed by atoms with van der Waals surface area (Å²) in [6.07, 6.45) is 5.13. The van der Waals surface area contributed by atoms with Crippen LogP contribution >= 0.6 is 0 Å². The molecule has 7 rings (SSSR count). The molecule has 70 heavy (non-hydrogen) atoms. The smallest absolute Gasteiger partial charge is 0.416 e. The molecule has 0 spiro atoms. The molecule has 0 saturated heterocycles. The predicted octanol–water partition coefficient (Wildman–Crippen LogP) is 9.82. The molecule has 4 aliphatic rings. The number of rotatable bonds is 15. The summed E-state index contributed by atoms with van der Waals surface area (Å²) in [6, 6.07) is 9.34. The third-order valence-corrected chi connectivity index (χ3v) is 17.9. The summed E-state index contributed by atoms with van der Waals surface area (Å²) >= 11 is 0. The van der Waals surface area contributed by atoms with Crippen LogP contribution in [0.2, 0.25) is 18.1 Å². The molecular weight excluding hydrogens is 917 g/mol. The van der Waals surface area contributed by atoms with Gasteiger partial charge in [0.2, 0.25) is 0 Å². The van der Waals surface area contributed by atoms with Gasteiger partial charge < -0.3 is 47.8 Å². The molecule has 4 aliphatic heterocycles. The molecule has 17 nitrogen and oxygen atoms in total. The molecule has 4 amide bonds. The number of nitrogens with zero attached hydrogens (tertiary/aromatic N) is 4. The van der Waals surface area contributed by atoms with Gasteiger partial charge in [0.05, 0.1) is 60.4 Å². The zero-order chi connectivity index (χ0) is 51.0. The summed E-state index contributed by atoms with van der Waals surface area (Å²) in [4.78, 5) is 75.2. The van der Waals surface area contributed by atoms with Gasteiger partial charge in [-0.3, -0.25) is 14.5 Å². The van der Waals surface area contributed by atoms with Gasteiger partial charge in [0, 0.05) is 24.5 Å². The Bertz CT molecular complexity index is 2690. The van der Waals surface area contributed by atoms with Gasteiger partial charge in [-0.2, -0.15) is 0 Å². The number of carboxylic acids is 1. The molecule has 1 N–H and O–H groups in total. The Morgan fingerprint density at radius 1 is 0.714 bits per heavy atom. The maximum atomic E-state index is 14.5. The fourth-order valence-electron chi connectivity index (χ4n) is 8.90. The Balaban J connectivity index is 1.23. The number of fused-ring (bicyclic) bond motifs is 4. The van der Waals surface area contributed by atoms with Crippen LogP contribution in [0.4, 0.5) is 21.0 Å². The number of carboxylic acid groups (broad SMARTS) is 1. The van der Waals surface area contributed by atoms with E-state index in [0.29, 0.717) is 24.0 Å². The van der Waals surface area contributed by atoms with E-state index < -0.39 is 44.8 Å². The van der Waals surface area contributed by atoms with E-state index in [4.69, 9.17) is 32.8 Å². The van der Waals surface area contributed by atoms with E-state index >= 15 is 0 Å². The van der Waals surface area contributed by atoms with Crippen LogP contribution in [-0.2, 0) is 27.1 Å². The van der Waals surface area contributed by atoms with Gasteiger partial charge in [-0.05, 0) is 93.2 Å². The quantitative estimate of drug-likeness (QED) is 0.112. The highest BCUT2D eigenvalue weighted by molar-refractivity contribution is 6.74. The number of carbonyl (C=O) groups is 5. The minimum Gasteiger partial charge on any atom is -0.493 e. The molecule has 0 bridgehead atoms. The van der Waals surface area contributed by atoms with Crippen molar-refractivity contribution in [3.63, 3.8) is 0 Å². The number of aromatic carboxylic acids is 1. The number of ether oxygens (including phenoxy) is 6. The Morgan fingerprint density at radius 2 is 1.17 bits per heavy atom. The fraction of sp³-hybridized carbons (Fsp3) is 0.404. The van der Waals surface area contributed by atoms with Crippen molar-refractivity contribution < 1.29 is 61.9 Å². The van der Waals surface area contributed by atoms with E-state index in [1.54, 1.807) is 40.4 Å². The highest BCUT2D eigenvalue weighted by atomic mass is 28.4. The monoisotopic (exact) mass is 978 g/mol. The highest BCUT2D eigenvalue weighted by Gasteiger charge is 2.51. The molecule has 18 heteroatoms. The largest absolute Gasteiger partial charge is 0.493 e. The van der Waals surface area contributed by atoms with E-state index in [1.807, 2.05) is 20.8 Å². The first kappa shape index (κ1) is 50.8. The summed E-state index contributed by atoms with van der Waals surface area (Å²) in [5, 5.41) is 9.99. The van der Waals surface area contributed by atoms with Crippen molar-refractivity contribution in [1.29, 1.82) is 0 Å². The van der Waals surface area contributed by atoms with E-state index in [0.717, 1.165) is 11.1 Å². The second-order valence-electron chi connectivity index (χ2n) is 19.4. The van der Waals surface area contributed by atoms with Crippen molar-refractivity contribution >= 4 is 49.7 Å². The van der Waals surface area contributed by atoms with Crippen LogP contribution in [0.3, 0.4) is 0 Å². The molecule has 0 aliphatic carbocycles. The maximum Gasteiger partial charge on any atom is 0.416 e. The summed E-state index contributed by atoms with van der Waals surface area (Å²) in [6.45, 7) is 23.0. The number of methoxy groups -OCH3 is 2. The minimum absolute atomic E-state index is 0.0475. The van der Waals surface area contributed by atoms with Crippen LogP contribution in [0.5, 0.6) is 23.0 Å². The van der Waals surface area contributed by atoms with Gasteiger partial charge in [0.1, 0.15) is 26.4 Å². The Morgan fingerprint density at radius 3 is 1.63 bits per heavy atom. The summed E-state index contributed by atoms with van der Waals surface area (Å²) in [7, 11) is 0.225. The maximum absolute atomic E-state index is 14.5. The van der Waals surface area contributed by atoms with E-state index in [1.165, 1.54) is 60.4 Å². The van der Waals surface area contributed by atoms with Crippen LogP contribution in [0.25, 0.3) is 0 Å². The molecule has 0 saturated carbocycles. The average Bonchev–Trinajstić information content (AvgIpc) is 3.88. The molecule has 3 aromatic carbocycles. The molecule has 0 radical (unpaired) electrons. The number of hydrogen-bond acceptors (Lipinski definition) is 12. The Kier molecular flexibility index (Phi) is 14.6. The SMILES string of the molecule is C=CCOC(=O)N1c2cc(OCc3cc(COc4cc5c(cc4OC)C(=O)N4C=C(C)C[C@H]4[C@H](O[Si](C)(C)C(C)(C)C)N5C(=O)OCC=C)cc(C(=O)O)c3)c(OC)cc2C(=O)N2C=C(C)C[C@H]2[C@@H]1C. The van der Waals surface area contributed by atoms with Gasteiger partial charge in [0.25, 0.3) is 11.8 Å². The topological polar surface area (TPSA) is 183 Å². The first-order valence-corrected chi connectivity index (χ1v) is 25.9. The lowest BCUT2D eigenvalue weighted by atomic mass is 10.0. The number of hydrogen-bond donors (Lipinski definition) is 1. The fourth-order valence-corrected chi connectivity index (χ4v) is 10.1. The van der Waals surface area contributed by atoms with Gasteiger partial charge >= 0.3 is 18.2 Å². The summed E-state index contributed by atoms with van der Waals surface area (Å²) < 4.78 is 42.5. The van der Waals surface area contributed by atoms with Crippen LogP contribution in [0.15, 0.2) is 91.3 Å². The summed E-state index contributed by atoms with van der Waals surface area (Å²) in [5.74, 6) is -1.19. The molecule has 4 heterocycles. The Labute approximate surface area is 409 Å². The number of benzene rings is 3. The van der Waals surface area contributed by atoms with Gasteiger partial charge in [-0.25, -0.2) is 19.3 Å². The van der Waals surface area contributed by atoms with Crippen LogP contribution < -0.4 is 28.7 Å². The average molecular weight is 979 g/mol. The van der Waals surface area contributed by atoms with E-state index in [-0.39, 0.29) is 100 Å². The third kappa shape index (κ3) is 9.87. The van der Waals surface area contributed by atoms with Crippen molar-refractivity contribution in [2.24, 2.45) is 0 Å². The lowest BCUT2D eigenvalue weighted by Gasteiger charge is -2.44. The number of carbonyl (C=O) groups excluding carboxylic acids is 4. The molecule has 4 atom stereocenters. The predicted molar refractivity (Wildman–Crippen MR) is 264 cm³/mol. The lowest BCUT2D eigenvalue weighted by molar-refractivity contribution is 0.0588. The number of anilines is 2. The number of amides is 4. The van der Waals surface area contributed by atoms with Crippen molar-refractivity contribution in [3.8, 4) is 23.0 Å². The minimum atomic E-state index is -2.63. The Hall–Kier alpha value is -7.05. The zero-order valence-corrected chi connectivity index (χ0v) is 42.5. The van der Waals surface area contributed by atoms with Crippen LogP contribution in [0, 0.1) is 0 Å². The molecule has 0 unspecified atom stereocenters. The van der Waals surface area contributed by atoms with Crippen molar-refractivity contribution in [1.82, 2.24) is 9.80 Å². The molecule has 372 valence electrons. The first-order valence-electron chi connectivity index (χ1n) is 23.0. The van der Waals surface area contributed by atoms with Gasteiger partial charge in [-0.1, -0.05) is 57.2 Å². The third-order valence-electron chi connectivity index (χ3n) is 13.4. The van der Waals surface area contributed by atoms with Gasteiger partial charge in [0.15, 0.2) is 37.5 Å². The van der Waals surface area contributed by atoms with E-state index in [2.05, 4.69) is 47.0 Å².